The predicted molar refractivity (Wildman–Crippen MR) is 75.2 cm³/mol. The molecule has 0 amide bonds. The molecule has 2 aromatic rings. The lowest BCUT2D eigenvalue weighted by molar-refractivity contribution is 0.629. The Morgan fingerprint density at radius 2 is 1.56 bits per heavy atom. The van der Waals surface area contributed by atoms with Crippen LogP contribution in [0.25, 0.3) is 11.1 Å². The fourth-order valence-corrected chi connectivity index (χ4v) is 2.15. The third kappa shape index (κ3) is 2.79. The largest absolute Gasteiger partial charge is 0.206 e. The number of aryl methyl sites for hydroxylation is 2. The number of rotatable bonds is 4. The van der Waals surface area contributed by atoms with Crippen LogP contribution in [0.15, 0.2) is 42.5 Å². The summed E-state index contributed by atoms with van der Waals surface area (Å²) < 4.78 is 14.0. The van der Waals surface area contributed by atoms with Gasteiger partial charge in [0.15, 0.2) is 0 Å². The van der Waals surface area contributed by atoms with Gasteiger partial charge in [-0.3, -0.25) is 0 Å². The molecule has 0 aromatic heterocycles. The molecule has 0 aliphatic carbocycles. The van der Waals surface area contributed by atoms with Gasteiger partial charge in [-0.25, -0.2) is 4.39 Å². The molecule has 2 aromatic carbocycles. The first-order valence-corrected chi connectivity index (χ1v) is 6.62. The van der Waals surface area contributed by atoms with E-state index in [1.54, 1.807) is 6.07 Å². The van der Waals surface area contributed by atoms with Crippen molar-refractivity contribution in [3.8, 4) is 11.1 Å². The maximum atomic E-state index is 14.0. The van der Waals surface area contributed by atoms with Crippen LogP contribution in [0.3, 0.4) is 0 Å². The zero-order chi connectivity index (χ0) is 13.0. The molecule has 0 aliphatic heterocycles. The predicted octanol–water partition coefficient (Wildman–Crippen LogP) is 5.01. The summed E-state index contributed by atoms with van der Waals surface area (Å²) >= 11 is 0. The highest BCUT2D eigenvalue weighted by Crippen LogP contribution is 2.24. The first kappa shape index (κ1) is 12.8. The average molecular weight is 242 g/mol. The number of hydrogen-bond acceptors (Lipinski definition) is 0. The minimum Gasteiger partial charge on any atom is -0.206 e. The normalized spacial score (nSPS) is 10.6. The summed E-state index contributed by atoms with van der Waals surface area (Å²) in [7, 11) is 0. The fourth-order valence-electron chi connectivity index (χ4n) is 2.15. The van der Waals surface area contributed by atoms with E-state index >= 15 is 0 Å². The van der Waals surface area contributed by atoms with E-state index in [1.165, 1.54) is 5.56 Å². The molecular weight excluding hydrogens is 223 g/mol. The van der Waals surface area contributed by atoms with Gasteiger partial charge in [-0.15, -0.1) is 0 Å². The van der Waals surface area contributed by atoms with Crippen molar-refractivity contribution in [3.63, 3.8) is 0 Å². The molecule has 0 spiro atoms. The van der Waals surface area contributed by atoms with Crippen molar-refractivity contribution in [2.24, 2.45) is 0 Å². The van der Waals surface area contributed by atoms with Crippen LogP contribution in [-0.4, -0.2) is 0 Å². The van der Waals surface area contributed by atoms with Crippen molar-refractivity contribution in [3.05, 3.63) is 59.4 Å². The highest BCUT2D eigenvalue weighted by molar-refractivity contribution is 5.64. The Morgan fingerprint density at radius 1 is 0.889 bits per heavy atom. The lowest BCUT2D eigenvalue weighted by atomic mass is 10.00. The van der Waals surface area contributed by atoms with Gasteiger partial charge in [0.25, 0.3) is 0 Å². The van der Waals surface area contributed by atoms with Gasteiger partial charge in [0.2, 0.25) is 0 Å². The lowest BCUT2D eigenvalue weighted by Gasteiger charge is -2.06. The Kier molecular flexibility index (Phi) is 4.14. The van der Waals surface area contributed by atoms with Crippen molar-refractivity contribution in [1.29, 1.82) is 0 Å². The fraction of sp³-hybridized carbons (Fsp3) is 0.294. The molecule has 0 fully saturated rings. The zero-order valence-electron chi connectivity index (χ0n) is 11.0. The second-order valence-corrected chi connectivity index (χ2v) is 4.61. The average Bonchev–Trinajstić information content (AvgIpc) is 2.40. The van der Waals surface area contributed by atoms with Crippen molar-refractivity contribution in [1.82, 2.24) is 0 Å². The van der Waals surface area contributed by atoms with E-state index in [-0.39, 0.29) is 5.82 Å². The molecule has 2 rings (SSSR count). The van der Waals surface area contributed by atoms with Gasteiger partial charge in [-0.05, 0) is 35.6 Å². The number of hydrogen-bond donors (Lipinski definition) is 0. The van der Waals surface area contributed by atoms with Gasteiger partial charge in [0.1, 0.15) is 5.82 Å². The van der Waals surface area contributed by atoms with E-state index in [0.717, 1.165) is 30.4 Å². The van der Waals surface area contributed by atoms with Crippen LogP contribution in [0.1, 0.15) is 31.4 Å². The molecule has 0 nitrogen and oxygen atoms in total. The first-order valence-electron chi connectivity index (χ1n) is 6.62. The molecule has 0 unspecified atom stereocenters. The third-order valence-electron chi connectivity index (χ3n) is 3.25. The molecule has 1 heteroatoms. The first-order chi connectivity index (χ1) is 8.74. The van der Waals surface area contributed by atoms with Crippen LogP contribution in [0.2, 0.25) is 0 Å². The minimum absolute atomic E-state index is 0.127. The molecule has 18 heavy (non-hydrogen) atoms. The van der Waals surface area contributed by atoms with Crippen LogP contribution in [-0.2, 0) is 12.8 Å². The topological polar surface area (TPSA) is 0 Å². The monoisotopic (exact) mass is 242 g/mol. The number of benzene rings is 2. The SMILES string of the molecule is CCCc1ccc(-c2ccc(CC)cc2F)cc1. The molecule has 0 atom stereocenters. The van der Waals surface area contributed by atoms with Crippen molar-refractivity contribution < 1.29 is 4.39 Å². The summed E-state index contributed by atoms with van der Waals surface area (Å²) in [6.45, 7) is 4.20. The van der Waals surface area contributed by atoms with Gasteiger partial charge in [0.05, 0.1) is 0 Å². The summed E-state index contributed by atoms with van der Waals surface area (Å²) in [5, 5.41) is 0. The lowest BCUT2D eigenvalue weighted by Crippen LogP contribution is -1.89. The van der Waals surface area contributed by atoms with Gasteiger partial charge >= 0.3 is 0 Å². The van der Waals surface area contributed by atoms with Crippen LogP contribution < -0.4 is 0 Å². The molecule has 0 saturated heterocycles. The van der Waals surface area contributed by atoms with Gasteiger partial charge in [-0.1, -0.05) is 56.7 Å². The summed E-state index contributed by atoms with van der Waals surface area (Å²) in [6, 6.07) is 13.7. The summed E-state index contributed by atoms with van der Waals surface area (Å²) in [5.74, 6) is -0.127. The van der Waals surface area contributed by atoms with Crippen LogP contribution >= 0.6 is 0 Å². The van der Waals surface area contributed by atoms with Crippen LogP contribution in [0.5, 0.6) is 0 Å². The standard InChI is InChI=1S/C17H19F/c1-3-5-14-6-9-15(10-7-14)16-11-8-13(4-2)12-17(16)18/h6-12H,3-5H2,1-2H3. The Labute approximate surface area is 108 Å². The van der Waals surface area contributed by atoms with Crippen LogP contribution in [0, 0.1) is 5.82 Å². The minimum atomic E-state index is -0.127. The Morgan fingerprint density at radius 3 is 2.11 bits per heavy atom. The molecule has 0 radical (unpaired) electrons. The van der Waals surface area contributed by atoms with E-state index in [1.807, 2.05) is 31.2 Å². The summed E-state index contributed by atoms with van der Waals surface area (Å²) in [6.07, 6.45) is 3.09. The third-order valence-corrected chi connectivity index (χ3v) is 3.25. The number of halogens is 1. The van der Waals surface area contributed by atoms with Gasteiger partial charge in [0, 0.05) is 5.56 Å². The highest BCUT2D eigenvalue weighted by atomic mass is 19.1. The van der Waals surface area contributed by atoms with E-state index in [4.69, 9.17) is 0 Å². The smallest absolute Gasteiger partial charge is 0.131 e. The van der Waals surface area contributed by atoms with E-state index in [9.17, 15) is 4.39 Å². The molecular formula is C17H19F. The van der Waals surface area contributed by atoms with Crippen molar-refractivity contribution in [2.45, 2.75) is 33.1 Å². The molecule has 0 heterocycles. The van der Waals surface area contributed by atoms with E-state index in [2.05, 4.69) is 19.1 Å². The summed E-state index contributed by atoms with van der Waals surface area (Å²) in [5.41, 5.74) is 4.00. The Hall–Kier alpha value is -1.63. The maximum absolute atomic E-state index is 14.0. The maximum Gasteiger partial charge on any atom is 0.131 e. The van der Waals surface area contributed by atoms with Crippen molar-refractivity contribution in [2.75, 3.05) is 0 Å². The van der Waals surface area contributed by atoms with Crippen molar-refractivity contribution >= 4 is 0 Å². The van der Waals surface area contributed by atoms with Crippen LogP contribution in [0.4, 0.5) is 4.39 Å². The zero-order valence-corrected chi connectivity index (χ0v) is 11.0. The summed E-state index contributed by atoms with van der Waals surface area (Å²) in [4.78, 5) is 0. The van der Waals surface area contributed by atoms with Gasteiger partial charge < -0.3 is 0 Å². The van der Waals surface area contributed by atoms with E-state index < -0.39 is 0 Å². The molecule has 0 bridgehead atoms. The Bertz CT molecular complexity index is 512. The second kappa shape index (κ2) is 5.81. The molecule has 94 valence electrons. The highest BCUT2D eigenvalue weighted by Gasteiger charge is 2.05. The van der Waals surface area contributed by atoms with E-state index in [0.29, 0.717) is 5.56 Å². The second-order valence-electron chi connectivity index (χ2n) is 4.61. The van der Waals surface area contributed by atoms with Gasteiger partial charge in [-0.2, -0.15) is 0 Å². The quantitative estimate of drug-likeness (QED) is 0.707. The molecule has 0 N–H and O–H groups in total. The Balaban J connectivity index is 2.30. The molecule has 0 saturated carbocycles. The molecule has 0 aliphatic rings.